The van der Waals surface area contributed by atoms with Crippen LogP contribution in [0.25, 0.3) is 10.9 Å². The van der Waals surface area contributed by atoms with Gasteiger partial charge in [0.2, 0.25) is 5.78 Å². The molecule has 0 saturated carbocycles. The first-order valence-corrected chi connectivity index (χ1v) is 7.90. The van der Waals surface area contributed by atoms with E-state index in [-0.39, 0.29) is 5.78 Å². The highest BCUT2D eigenvalue weighted by Crippen LogP contribution is 2.14. The summed E-state index contributed by atoms with van der Waals surface area (Å²) < 4.78 is 0. The lowest BCUT2D eigenvalue weighted by molar-refractivity contribution is -0.134. The average molecular weight is 298 g/mol. The zero-order valence-corrected chi connectivity index (χ0v) is 13.0. The number of carbonyl (C=O) groups excluding carboxylic acids is 2. The van der Waals surface area contributed by atoms with Gasteiger partial charge in [-0.15, -0.1) is 0 Å². The lowest BCUT2D eigenvalue weighted by Crippen LogP contribution is -2.23. The van der Waals surface area contributed by atoms with Crippen LogP contribution in [0.1, 0.15) is 45.4 Å². The Bertz CT molecular complexity index is 652. The number of anilines is 1. The van der Waals surface area contributed by atoms with Gasteiger partial charge in [-0.25, -0.2) is 4.98 Å². The first-order valence-electron chi connectivity index (χ1n) is 7.90. The van der Waals surface area contributed by atoms with E-state index in [4.69, 9.17) is 0 Å². The van der Waals surface area contributed by atoms with Crippen molar-refractivity contribution in [2.45, 2.75) is 45.4 Å². The molecule has 0 fully saturated rings. The van der Waals surface area contributed by atoms with E-state index in [1.54, 1.807) is 6.07 Å². The van der Waals surface area contributed by atoms with Gasteiger partial charge in [0, 0.05) is 11.8 Å². The molecule has 116 valence electrons. The number of fused-ring (bicyclic) bond motifs is 1. The van der Waals surface area contributed by atoms with E-state index >= 15 is 0 Å². The maximum atomic E-state index is 11.9. The number of benzene rings is 1. The minimum absolute atomic E-state index is 0.309. The van der Waals surface area contributed by atoms with Crippen LogP contribution in [0.5, 0.6) is 0 Å². The Morgan fingerprint density at radius 3 is 2.59 bits per heavy atom. The van der Waals surface area contributed by atoms with E-state index in [1.165, 1.54) is 12.8 Å². The third-order valence-electron chi connectivity index (χ3n) is 3.60. The van der Waals surface area contributed by atoms with E-state index in [0.29, 0.717) is 12.2 Å². The molecule has 0 saturated heterocycles. The van der Waals surface area contributed by atoms with Crippen molar-refractivity contribution in [2.24, 2.45) is 0 Å². The number of para-hydroxylation sites is 1. The van der Waals surface area contributed by atoms with Gasteiger partial charge in [0.15, 0.2) is 0 Å². The van der Waals surface area contributed by atoms with Gasteiger partial charge < -0.3 is 5.32 Å². The molecule has 1 aromatic heterocycles. The van der Waals surface area contributed by atoms with Crippen molar-refractivity contribution in [1.82, 2.24) is 4.98 Å². The summed E-state index contributed by atoms with van der Waals surface area (Å²) in [6.45, 7) is 2.15. The zero-order valence-electron chi connectivity index (χ0n) is 13.0. The first-order chi connectivity index (χ1) is 10.7. The summed E-state index contributed by atoms with van der Waals surface area (Å²) in [5, 5.41) is 3.59. The molecule has 0 aliphatic rings. The van der Waals surface area contributed by atoms with E-state index in [2.05, 4.69) is 17.2 Å². The number of nitrogens with one attached hydrogen (secondary N) is 1. The van der Waals surface area contributed by atoms with Gasteiger partial charge >= 0.3 is 0 Å². The molecule has 0 atom stereocenters. The minimum atomic E-state index is -0.571. The molecule has 0 aliphatic carbocycles. The number of hydrogen-bond donors (Lipinski definition) is 1. The van der Waals surface area contributed by atoms with Crippen LogP contribution in [-0.4, -0.2) is 16.7 Å². The lowest BCUT2D eigenvalue weighted by Gasteiger charge is -2.05. The Hall–Kier alpha value is -2.23. The summed E-state index contributed by atoms with van der Waals surface area (Å²) in [4.78, 5) is 28.0. The first kappa shape index (κ1) is 16.1. The Balaban J connectivity index is 1.85. The Labute approximate surface area is 130 Å². The Morgan fingerprint density at radius 1 is 1.00 bits per heavy atom. The molecule has 0 unspecified atom stereocenters. The van der Waals surface area contributed by atoms with Gasteiger partial charge in [0.25, 0.3) is 5.91 Å². The number of aromatic nitrogens is 1. The van der Waals surface area contributed by atoms with Crippen LogP contribution in [0, 0.1) is 0 Å². The molecule has 2 aromatic rings. The maximum absolute atomic E-state index is 11.9. The third-order valence-corrected chi connectivity index (χ3v) is 3.60. The normalized spacial score (nSPS) is 10.6. The van der Waals surface area contributed by atoms with Crippen LogP contribution in [-0.2, 0) is 9.59 Å². The van der Waals surface area contributed by atoms with Crippen molar-refractivity contribution in [3.05, 3.63) is 36.4 Å². The lowest BCUT2D eigenvalue weighted by atomic mass is 10.1. The van der Waals surface area contributed by atoms with Crippen LogP contribution in [0.2, 0.25) is 0 Å². The maximum Gasteiger partial charge on any atom is 0.292 e. The summed E-state index contributed by atoms with van der Waals surface area (Å²) in [5.74, 6) is -0.521. The van der Waals surface area contributed by atoms with Crippen molar-refractivity contribution >= 4 is 28.4 Å². The Kier molecular flexibility index (Phi) is 6.07. The molecule has 0 bridgehead atoms. The molecule has 22 heavy (non-hydrogen) atoms. The summed E-state index contributed by atoms with van der Waals surface area (Å²) in [5.41, 5.74) is 0.798. The van der Waals surface area contributed by atoms with E-state index in [0.717, 1.165) is 30.2 Å². The van der Waals surface area contributed by atoms with Gasteiger partial charge in [-0.05, 0) is 24.6 Å². The number of carbonyl (C=O) groups is 2. The largest absolute Gasteiger partial charge is 0.304 e. The molecule has 2 rings (SSSR count). The SMILES string of the molecule is CCCCCCCC(=O)C(=O)Nc1ccc2ccccc2n1. The predicted molar refractivity (Wildman–Crippen MR) is 88.8 cm³/mol. The van der Waals surface area contributed by atoms with Crippen LogP contribution >= 0.6 is 0 Å². The van der Waals surface area contributed by atoms with E-state index in [9.17, 15) is 9.59 Å². The molecule has 0 aliphatic heterocycles. The number of hydrogen-bond acceptors (Lipinski definition) is 3. The number of ketones is 1. The number of amides is 1. The summed E-state index contributed by atoms with van der Waals surface area (Å²) in [7, 11) is 0. The second-order valence-corrected chi connectivity index (χ2v) is 5.43. The molecule has 4 heteroatoms. The molecule has 1 aromatic carbocycles. The molecule has 1 N–H and O–H groups in total. The van der Waals surface area contributed by atoms with Gasteiger partial charge in [0.05, 0.1) is 5.52 Å². The number of Topliss-reactive ketones (excluding diaryl/α,β-unsaturated/α-hetero) is 1. The fourth-order valence-electron chi connectivity index (χ4n) is 2.32. The monoisotopic (exact) mass is 298 g/mol. The highest BCUT2D eigenvalue weighted by atomic mass is 16.2. The van der Waals surface area contributed by atoms with Gasteiger partial charge in [0.1, 0.15) is 5.82 Å². The highest BCUT2D eigenvalue weighted by molar-refractivity contribution is 6.40. The number of nitrogens with zero attached hydrogens (tertiary/aromatic N) is 1. The van der Waals surface area contributed by atoms with Crippen molar-refractivity contribution < 1.29 is 9.59 Å². The van der Waals surface area contributed by atoms with E-state index in [1.807, 2.05) is 30.3 Å². The van der Waals surface area contributed by atoms with Crippen LogP contribution in [0.15, 0.2) is 36.4 Å². The highest BCUT2D eigenvalue weighted by Gasteiger charge is 2.13. The van der Waals surface area contributed by atoms with Crippen LogP contribution in [0.3, 0.4) is 0 Å². The van der Waals surface area contributed by atoms with Crippen molar-refractivity contribution in [3.8, 4) is 0 Å². The molecular weight excluding hydrogens is 276 g/mol. The molecular formula is C18H22N2O2. The minimum Gasteiger partial charge on any atom is -0.304 e. The topological polar surface area (TPSA) is 59.1 Å². The fraction of sp³-hybridized carbons (Fsp3) is 0.389. The Morgan fingerprint density at radius 2 is 1.77 bits per heavy atom. The standard InChI is InChI=1S/C18H22N2O2/c1-2-3-4-5-6-11-16(21)18(22)20-17-13-12-14-9-7-8-10-15(14)19-17/h7-10,12-13H,2-6,11H2,1H3,(H,19,20,22). The fourth-order valence-corrected chi connectivity index (χ4v) is 2.32. The third kappa shape index (κ3) is 4.65. The molecule has 1 heterocycles. The predicted octanol–water partition coefficient (Wildman–Crippen LogP) is 4.10. The second-order valence-electron chi connectivity index (χ2n) is 5.43. The second kappa shape index (κ2) is 8.27. The summed E-state index contributed by atoms with van der Waals surface area (Å²) >= 11 is 0. The zero-order chi connectivity index (χ0) is 15.8. The quantitative estimate of drug-likeness (QED) is 0.589. The molecule has 4 nitrogen and oxygen atoms in total. The number of unbranched alkanes of at least 4 members (excludes halogenated alkanes) is 4. The smallest absolute Gasteiger partial charge is 0.292 e. The van der Waals surface area contributed by atoms with Crippen LogP contribution in [0.4, 0.5) is 5.82 Å². The molecule has 0 spiro atoms. The van der Waals surface area contributed by atoms with Gasteiger partial charge in [-0.1, -0.05) is 50.8 Å². The number of rotatable bonds is 8. The van der Waals surface area contributed by atoms with Gasteiger partial charge in [-0.3, -0.25) is 9.59 Å². The number of pyridine rings is 1. The summed E-state index contributed by atoms with van der Waals surface area (Å²) in [6, 6.07) is 11.3. The van der Waals surface area contributed by atoms with E-state index < -0.39 is 5.91 Å². The van der Waals surface area contributed by atoms with Crippen LogP contribution < -0.4 is 5.32 Å². The molecule has 1 amide bonds. The summed E-state index contributed by atoms with van der Waals surface area (Å²) in [6.07, 6.45) is 5.56. The van der Waals surface area contributed by atoms with Crippen molar-refractivity contribution in [3.63, 3.8) is 0 Å². The van der Waals surface area contributed by atoms with Crippen molar-refractivity contribution in [2.75, 3.05) is 5.32 Å². The molecule has 0 radical (unpaired) electrons. The van der Waals surface area contributed by atoms with Gasteiger partial charge in [-0.2, -0.15) is 0 Å². The average Bonchev–Trinajstić information content (AvgIpc) is 2.54. The van der Waals surface area contributed by atoms with Crippen molar-refractivity contribution in [1.29, 1.82) is 0 Å².